The zero-order valence-corrected chi connectivity index (χ0v) is 16.2. The Labute approximate surface area is 155 Å². The number of aryl methyl sites for hydroxylation is 1. The largest absolute Gasteiger partial charge is 0.345 e. The van der Waals surface area contributed by atoms with Crippen molar-refractivity contribution >= 4 is 28.2 Å². The van der Waals surface area contributed by atoms with Crippen molar-refractivity contribution in [2.24, 2.45) is 5.41 Å². The Kier molecular flexibility index (Phi) is 5.81. The molecule has 2 amide bonds. The number of carbonyl (C=O) groups is 2. The highest BCUT2D eigenvalue weighted by molar-refractivity contribution is 7.18. The summed E-state index contributed by atoms with van der Waals surface area (Å²) in [5, 5.41) is 6.16. The molecule has 4 nitrogen and oxygen atoms in total. The van der Waals surface area contributed by atoms with Crippen molar-refractivity contribution in [2.75, 3.05) is 5.32 Å². The lowest BCUT2D eigenvalue weighted by atomic mass is 9.96. The molecule has 2 aromatic rings. The van der Waals surface area contributed by atoms with Crippen LogP contribution in [0.1, 0.15) is 54.5 Å². The van der Waals surface area contributed by atoms with E-state index in [2.05, 4.69) is 10.6 Å². The van der Waals surface area contributed by atoms with Gasteiger partial charge >= 0.3 is 0 Å². The molecule has 0 fully saturated rings. The number of nitrogens with one attached hydrogen (secondary N) is 2. The lowest BCUT2D eigenvalue weighted by Crippen LogP contribution is -2.27. The summed E-state index contributed by atoms with van der Waals surface area (Å²) in [6.45, 7) is 8.88. The van der Waals surface area contributed by atoms with Crippen LogP contribution in [0.15, 0.2) is 24.3 Å². The van der Waals surface area contributed by atoms with Crippen molar-refractivity contribution in [1.29, 1.82) is 0 Å². The van der Waals surface area contributed by atoms with Crippen LogP contribution < -0.4 is 10.6 Å². The van der Waals surface area contributed by atoms with Crippen molar-refractivity contribution in [2.45, 2.75) is 40.7 Å². The molecule has 140 valence electrons. The van der Waals surface area contributed by atoms with Crippen LogP contribution in [0.5, 0.6) is 0 Å². The first kappa shape index (κ1) is 20.0. The van der Waals surface area contributed by atoms with E-state index >= 15 is 0 Å². The van der Waals surface area contributed by atoms with Gasteiger partial charge in [0.25, 0.3) is 5.91 Å². The summed E-state index contributed by atoms with van der Waals surface area (Å²) in [7, 11) is 0. The Balaban J connectivity index is 2.12. The number of hydrogen-bond acceptors (Lipinski definition) is 3. The summed E-state index contributed by atoms with van der Waals surface area (Å²) >= 11 is 1.18. The van der Waals surface area contributed by atoms with Gasteiger partial charge < -0.3 is 10.6 Å². The summed E-state index contributed by atoms with van der Waals surface area (Å²) in [6, 6.07) is 4.78. The summed E-state index contributed by atoms with van der Waals surface area (Å²) in [5.41, 5.74) is 0.656. The highest BCUT2D eigenvalue weighted by Crippen LogP contribution is 2.29. The maximum Gasteiger partial charge on any atom is 0.262 e. The maximum atomic E-state index is 13.4. The molecule has 0 saturated heterocycles. The number of thiophene rings is 1. The van der Waals surface area contributed by atoms with Crippen LogP contribution in [0.2, 0.25) is 0 Å². The van der Waals surface area contributed by atoms with Crippen molar-refractivity contribution in [3.8, 4) is 0 Å². The standard InChI is InChI=1S/C19H22F2N2O2S/c1-10-8-15(23-18(25)19(3,4)5)26-16(10)17(24)22-11(2)12-6-7-13(20)14(21)9-12/h6-9,11H,1-5H3,(H,22,24)(H,23,25). The van der Waals surface area contributed by atoms with Gasteiger partial charge in [0.1, 0.15) is 0 Å². The minimum Gasteiger partial charge on any atom is -0.345 e. The van der Waals surface area contributed by atoms with Crippen LogP contribution in [0.25, 0.3) is 0 Å². The number of benzene rings is 1. The van der Waals surface area contributed by atoms with Gasteiger partial charge in [0.2, 0.25) is 5.91 Å². The van der Waals surface area contributed by atoms with Crippen LogP contribution >= 0.6 is 11.3 Å². The van der Waals surface area contributed by atoms with E-state index in [1.165, 1.54) is 17.4 Å². The molecule has 0 saturated carbocycles. The molecule has 0 aliphatic rings. The van der Waals surface area contributed by atoms with E-state index in [9.17, 15) is 18.4 Å². The molecule has 26 heavy (non-hydrogen) atoms. The molecule has 1 aromatic heterocycles. The number of rotatable bonds is 4. The zero-order chi connectivity index (χ0) is 19.6. The number of hydrogen-bond donors (Lipinski definition) is 2. The second-order valence-corrected chi connectivity index (χ2v) is 8.25. The van der Waals surface area contributed by atoms with Gasteiger partial charge in [-0.2, -0.15) is 0 Å². The monoisotopic (exact) mass is 380 g/mol. The van der Waals surface area contributed by atoms with Gasteiger partial charge in [-0.15, -0.1) is 11.3 Å². The second-order valence-electron chi connectivity index (χ2n) is 7.20. The van der Waals surface area contributed by atoms with Crippen LogP contribution in [0.3, 0.4) is 0 Å². The van der Waals surface area contributed by atoms with E-state index < -0.39 is 23.1 Å². The average Bonchev–Trinajstić information content (AvgIpc) is 2.89. The fourth-order valence-corrected chi connectivity index (χ4v) is 3.17. The Morgan fingerprint density at radius 3 is 2.35 bits per heavy atom. The smallest absolute Gasteiger partial charge is 0.262 e. The normalized spacial score (nSPS) is 12.6. The van der Waals surface area contributed by atoms with Gasteiger partial charge in [0.15, 0.2) is 11.6 Å². The molecule has 1 aromatic carbocycles. The number of anilines is 1. The SMILES string of the molecule is Cc1cc(NC(=O)C(C)(C)C)sc1C(=O)NC(C)c1ccc(F)c(F)c1. The molecule has 1 unspecified atom stereocenters. The molecule has 1 heterocycles. The summed E-state index contributed by atoms with van der Waals surface area (Å²) in [5.74, 6) is -2.36. The molecule has 2 N–H and O–H groups in total. The van der Waals surface area contributed by atoms with Crippen LogP contribution in [0, 0.1) is 24.0 Å². The lowest BCUT2D eigenvalue weighted by molar-refractivity contribution is -0.123. The minimum atomic E-state index is -0.955. The molecular formula is C19H22F2N2O2S. The average molecular weight is 380 g/mol. The maximum absolute atomic E-state index is 13.4. The molecule has 0 aliphatic heterocycles. The summed E-state index contributed by atoms with van der Waals surface area (Å²) < 4.78 is 26.4. The third-order valence-corrected chi connectivity index (χ3v) is 4.98. The van der Waals surface area contributed by atoms with Gasteiger partial charge in [-0.05, 0) is 43.2 Å². The molecular weight excluding hydrogens is 358 g/mol. The lowest BCUT2D eigenvalue weighted by Gasteiger charge is -2.16. The Hall–Kier alpha value is -2.28. The number of carbonyl (C=O) groups excluding carboxylic acids is 2. The van der Waals surface area contributed by atoms with E-state index in [0.29, 0.717) is 15.4 Å². The Morgan fingerprint density at radius 1 is 1.12 bits per heavy atom. The van der Waals surface area contributed by atoms with Crippen molar-refractivity contribution in [3.05, 3.63) is 51.9 Å². The van der Waals surface area contributed by atoms with Gasteiger partial charge in [-0.25, -0.2) is 8.78 Å². The first-order valence-corrected chi connectivity index (χ1v) is 8.98. The highest BCUT2D eigenvalue weighted by atomic mass is 32.1. The van der Waals surface area contributed by atoms with Crippen molar-refractivity contribution in [3.63, 3.8) is 0 Å². The number of halogens is 2. The predicted molar refractivity (Wildman–Crippen MR) is 99.4 cm³/mol. The Bertz CT molecular complexity index is 841. The first-order valence-electron chi connectivity index (χ1n) is 8.16. The van der Waals surface area contributed by atoms with Gasteiger partial charge in [-0.3, -0.25) is 9.59 Å². The van der Waals surface area contributed by atoms with Crippen LogP contribution in [-0.2, 0) is 4.79 Å². The minimum absolute atomic E-state index is 0.138. The topological polar surface area (TPSA) is 58.2 Å². The molecule has 0 aliphatic carbocycles. The van der Waals surface area contributed by atoms with E-state index in [4.69, 9.17) is 0 Å². The van der Waals surface area contributed by atoms with E-state index in [1.54, 1.807) is 40.7 Å². The van der Waals surface area contributed by atoms with Crippen molar-refractivity contribution < 1.29 is 18.4 Å². The Morgan fingerprint density at radius 2 is 1.77 bits per heavy atom. The summed E-state index contributed by atoms with van der Waals surface area (Å²) in [4.78, 5) is 25.1. The second kappa shape index (κ2) is 7.53. The third kappa shape index (κ3) is 4.66. The zero-order valence-electron chi connectivity index (χ0n) is 15.4. The van der Waals surface area contributed by atoms with Crippen molar-refractivity contribution in [1.82, 2.24) is 5.32 Å². The molecule has 7 heteroatoms. The van der Waals surface area contributed by atoms with E-state index in [1.807, 2.05) is 0 Å². The highest BCUT2D eigenvalue weighted by Gasteiger charge is 2.23. The number of amides is 2. The molecule has 0 radical (unpaired) electrons. The van der Waals surface area contributed by atoms with Gasteiger partial charge in [-0.1, -0.05) is 26.8 Å². The first-order chi connectivity index (χ1) is 12.0. The summed E-state index contributed by atoms with van der Waals surface area (Å²) in [6.07, 6.45) is 0. The molecule has 1 atom stereocenters. The third-order valence-electron chi connectivity index (χ3n) is 3.83. The van der Waals surface area contributed by atoms with Gasteiger partial charge in [0, 0.05) is 5.41 Å². The van der Waals surface area contributed by atoms with Crippen LogP contribution in [-0.4, -0.2) is 11.8 Å². The fraction of sp³-hybridized carbons (Fsp3) is 0.368. The quantitative estimate of drug-likeness (QED) is 0.800. The molecule has 0 bridgehead atoms. The fourth-order valence-electron chi connectivity index (χ4n) is 2.20. The van der Waals surface area contributed by atoms with E-state index in [-0.39, 0.29) is 11.8 Å². The molecule has 0 spiro atoms. The van der Waals surface area contributed by atoms with E-state index in [0.717, 1.165) is 17.7 Å². The molecule has 2 rings (SSSR count). The van der Waals surface area contributed by atoms with Crippen LogP contribution in [0.4, 0.5) is 13.8 Å². The van der Waals surface area contributed by atoms with Gasteiger partial charge in [0.05, 0.1) is 15.9 Å². The predicted octanol–water partition coefficient (Wildman–Crippen LogP) is 4.81.